The van der Waals surface area contributed by atoms with E-state index < -0.39 is 78.5 Å². The molecule has 2 saturated heterocycles. The lowest BCUT2D eigenvalue weighted by Crippen LogP contribution is -2.53. The zero-order valence-electron chi connectivity index (χ0n) is 51.5. The normalized spacial score (nSPS) is 19.0. The summed E-state index contributed by atoms with van der Waals surface area (Å²) in [6.07, 6.45) is 2.35. The zero-order chi connectivity index (χ0) is 64.9. The smallest absolute Gasteiger partial charge is 0.416 e. The summed E-state index contributed by atoms with van der Waals surface area (Å²) in [5.74, 6) is -1.94. The summed E-state index contributed by atoms with van der Waals surface area (Å²) < 4.78 is 29.3. The first kappa shape index (κ1) is 69.2. The van der Waals surface area contributed by atoms with E-state index in [2.05, 4.69) is 34.4 Å². The second-order valence-electron chi connectivity index (χ2n) is 23.0. The average Bonchev–Trinajstić information content (AvgIpc) is 1.65. The van der Waals surface area contributed by atoms with E-state index in [9.17, 15) is 58.5 Å². The van der Waals surface area contributed by atoms with Crippen molar-refractivity contribution >= 4 is 70.7 Å². The standard InChI is InChI=1S/C63H80N10O17.H2O/c1-36(2)54(65-22-10-7-8-11-24-69-52(74)20-21-53(69)75)56(77)68-43(15-14-23-66-61(64)82)55(76)67-40-18-16-39(17-19-40)35-90-63(85)73-45-32-51(49(87-6)30-42(45)58(79)71-34-38(4)28-47(71)60(73)81)89-26-13-9-12-25-88-50-31-44-41(29-48(50)86-5)57(78)70-33-37(3)27-46(70)59(80)72(44)62(83)84;/h16-21,29-32,36,43,46-47,54,59-60,65,80-81H,3-4,7-15,22-28,33-35H2,1-2,5-6H3,(H,67,76)(H,68,77)(H,83,84)(H3,64,66,82);1H2/t43-,46-,47-,54-,59-,60-;/m0./s1. The molecular formula is C63H82N10O18. The fourth-order valence-corrected chi connectivity index (χ4v) is 11.6. The number of rotatable bonds is 29. The van der Waals surface area contributed by atoms with Gasteiger partial charge in [-0.1, -0.05) is 63.1 Å². The topological polar surface area (TPSA) is 382 Å². The van der Waals surface area contributed by atoms with Crippen molar-refractivity contribution in [1.29, 1.82) is 0 Å². The highest BCUT2D eigenvalue weighted by atomic mass is 16.6. The van der Waals surface area contributed by atoms with Crippen molar-refractivity contribution < 1.29 is 87.6 Å². The number of amides is 10. The first-order valence-corrected chi connectivity index (χ1v) is 30.1. The number of aliphatic hydroxyl groups is 2. The van der Waals surface area contributed by atoms with Crippen LogP contribution in [-0.4, -0.2) is 186 Å². The van der Waals surface area contributed by atoms with E-state index in [0.29, 0.717) is 67.6 Å². The van der Waals surface area contributed by atoms with Crippen LogP contribution in [0, 0.1) is 5.92 Å². The number of aliphatic hydroxyl groups excluding tert-OH is 2. The van der Waals surface area contributed by atoms with E-state index in [4.69, 9.17) is 29.4 Å². The molecule has 91 heavy (non-hydrogen) atoms. The predicted molar refractivity (Wildman–Crippen MR) is 332 cm³/mol. The van der Waals surface area contributed by atoms with Gasteiger partial charge in [0.2, 0.25) is 11.8 Å². The molecule has 0 radical (unpaired) electrons. The van der Waals surface area contributed by atoms with Crippen LogP contribution in [-0.2, 0) is 30.5 Å². The molecule has 8 rings (SSSR count). The number of benzene rings is 3. The number of hydrogen-bond donors (Lipinski definition) is 8. The Hall–Kier alpha value is -9.25. The molecular weight excluding hydrogens is 1180 g/mol. The van der Waals surface area contributed by atoms with E-state index in [1.807, 2.05) is 13.8 Å². The van der Waals surface area contributed by atoms with Gasteiger partial charge in [-0.3, -0.25) is 33.7 Å². The summed E-state index contributed by atoms with van der Waals surface area (Å²) in [5.41, 5.74) is 7.51. The number of nitrogens with zero attached hydrogens (tertiary/aromatic N) is 5. The molecule has 11 N–H and O–H groups in total. The molecule has 10 amide bonds. The van der Waals surface area contributed by atoms with Gasteiger partial charge in [0.25, 0.3) is 23.6 Å². The van der Waals surface area contributed by atoms with E-state index in [0.717, 1.165) is 29.1 Å². The van der Waals surface area contributed by atoms with Gasteiger partial charge in [0.05, 0.1) is 68.1 Å². The summed E-state index contributed by atoms with van der Waals surface area (Å²) in [4.78, 5) is 123. The number of ether oxygens (including phenoxy) is 5. The minimum absolute atomic E-state index is 0. The number of unbranched alkanes of at least 4 members (excludes halogenated alkanes) is 5. The third-order valence-corrected chi connectivity index (χ3v) is 16.3. The quantitative estimate of drug-likeness (QED) is 0.0273. The Morgan fingerprint density at radius 2 is 1.21 bits per heavy atom. The molecule has 28 nitrogen and oxygen atoms in total. The van der Waals surface area contributed by atoms with Crippen molar-refractivity contribution in [2.75, 3.05) is 75.3 Å². The molecule has 0 spiro atoms. The van der Waals surface area contributed by atoms with Crippen LogP contribution < -0.4 is 55.7 Å². The Morgan fingerprint density at radius 1 is 0.681 bits per heavy atom. The van der Waals surface area contributed by atoms with Crippen LogP contribution >= 0.6 is 0 Å². The van der Waals surface area contributed by atoms with Gasteiger partial charge >= 0.3 is 18.2 Å². The number of carbonyl (C=O) groups excluding carboxylic acids is 8. The number of nitrogens with two attached hydrogens (primary N) is 1. The monoisotopic (exact) mass is 1270 g/mol. The van der Waals surface area contributed by atoms with Crippen molar-refractivity contribution in [3.8, 4) is 23.0 Å². The lowest BCUT2D eigenvalue weighted by atomic mass is 10.0. The van der Waals surface area contributed by atoms with Crippen LogP contribution in [0.3, 0.4) is 0 Å². The molecule has 0 unspecified atom stereocenters. The van der Waals surface area contributed by atoms with Crippen molar-refractivity contribution in [2.24, 2.45) is 11.7 Å². The summed E-state index contributed by atoms with van der Waals surface area (Å²) in [5, 5.41) is 44.9. The molecule has 6 atom stereocenters. The highest BCUT2D eigenvalue weighted by molar-refractivity contribution is 6.13. The number of primary amides is 1. The van der Waals surface area contributed by atoms with Gasteiger partial charge in [0.15, 0.2) is 35.5 Å². The number of carbonyl (C=O) groups is 9. The van der Waals surface area contributed by atoms with Gasteiger partial charge in [-0.2, -0.15) is 0 Å². The minimum Gasteiger partial charge on any atom is -0.493 e. The molecule has 3 aromatic rings. The molecule has 3 aromatic carbocycles. The molecule has 28 heteroatoms. The van der Waals surface area contributed by atoms with Crippen LogP contribution in [0.1, 0.15) is 111 Å². The van der Waals surface area contributed by atoms with Crippen molar-refractivity contribution in [1.82, 2.24) is 30.7 Å². The number of nitrogens with one attached hydrogen (secondary N) is 4. The van der Waals surface area contributed by atoms with Crippen LogP contribution in [0.15, 0.2) is 85.0 Å². The molecule has 5 heterocycles. The summed E-state index contributed by atoms with van der Waals surface area (Å²) >= 11 is 0. The van der Waals surface area contributed by atoms with Gasteiger partial charge in [0, 0.05) is 56.2 Å². The molecule has 2 fully saturated rings. The summed E-state index contributed by atoms with van der Waals surface area (Å²) in [7, 11) is 2.80. The van der Waals surface area contributed by atoms with Crippen molar-refractivity contribution in [3.63, 3.8) is 0 Å². The maximum Gasteiger partial charge on any atom is 0.416 e. The second-order valence-corrected chi connectivity index (χ2v) is 23.0. The number of anilines is 3. The predicted octanol–water partition coefficient (Wildman–Crippen LogP) is 4.31. The van der Waals surface area contributed by atoms with Crippen LogP contribution in [0.5, 0.6) is 23.0 Å². The Morgan fingerprint density at radius 3 is 1.74 bits per heavy atom. The van der Waals surface area contributed by atoms with Crippen LogP contribution in [0.2, 0.25) is 0 Å². The van der Waals surface area contributed by atoms with E-state index in [-0.39, 0.29) is 127 Å². The first-order chi connectivity index (χ1) is 43.1. The Balaban J connectivity index is 0.0000118. The average molecular weight is 1270 g/mol. The van der Waals surface area contributed by atoms with E-state index in [1.165, 1.54) is 65.3 Å². The lowest BCUT2D eigenvalue weighted by molar-refractivity contribution is -0.137. The number of methoxy groups -OCH3 is 2. The van der Waals surface area contributed by atoms with Gasteiger partial charge < -0.3 is 81.3 Å². The second kappa shape index (κ2) is 31.5. The summed E-state index contributed by atoms with van der Waals surface area (Å²) in [6.45, 7) is 13.1. The molecule has 0 aromatic heterocycles. The first-order valence-electron chi connectivity index (χ1n) is 30.1. The van der Waals surface area contributed by atoms with E-state index in [1.54, 1.807) is 24.3 Å². The van der Waals surface area contributed by atoms with E-state index >= 15 is 0 Å². The van der Waals surface area contributed by atoms with Gasteiger partial charge in [-0.15, -0.1) is 0 Å². The molecule has 5 aliphatic rings. The Bertz CT molecular complexity index is 3250. The van der Waals surface area contributed by atoms with Crippen LogP contribution in [0.4, 0.5) is 31.4 Å². The fourth-order valence-electron chi connectivity index (χ4n) is 11.6. The fraction of sp³-hybridized carbons (Fsp3) is 0.476. The van der Waals surface area contributed by atoms with Gasteiger partial charge in [-0.25, -0.2) is 24.2 Å². The van der Waals surface area contributed by atoms with Crippen molar-refractivity contribution in [3.05, 3.63) is 102 Å². The Kier molecular flexibility index (Phi) is 23.9. The number of hydrogen-bond acceptors (Lipinski definition) is 17. The van der Waals surface area contributed by atoms with Crippen LogP contribution in [0.25, 0.3) is 0 Å². The number of carboxylic acid groups (broad SMARTS) is 1. The summed E-state index contributed by atoms with van der Waals surface area (Å²) in [6, 6.07) is 8.00. The van der Waals surface area contributed by atoms with Gasteiger partial charge in [-0.05, 0) is 100 Å². The molecule has 0 aliphatic carbocycles. The minimum atomic E-state index is -1.58. The largest absolute Gasteiger partial charge is 0.493 e. The van der Waals surface area contributed by atoms with Gasteiger partial charge in [0.1, 0.15) is 12.6 Å². The Labute approximate surface area is 526 Å². The SMILES string of the molecule is C=C1C[C@H]2[C@H](O)N(C(=O)O)c3cc(OCCCCCOc4cc5c(cc4OC)C(=O)N4CC(=C)C[C@H]4[C@H](O)N5C(=O)OCc4ccc(NC(=O)[C@H](CCCNC(N)=O)NC(=O)[C@@H](NCCCCCCN5C(=O)C=CC5=O)C(C)C)cc4)c(OC)cc3C(=O)N2C1.O. The number of imide groups is 1. The molecule has 5 aliphatic heterocycles. The highest BCUT2D eigenvalue weighted by Crippen LogP contribution is 2.44. The maximum absolute atomic E-state index is 14.3. The molecule has 492 valence electrons. The number of fused-ring (bicyclic) bond motifs is 4. The highest BCUT2D eigenvalue weighted by Gasteiger charge is 2.48. The lowest BCUT2D eigenvalue weighted by Gasteiger charge is -2.31. The number of urea groups is 1. The zero-order valence-corrected chi connectivity index (χ0v) is 51.5. The van der Waals surface area contributed by atoms with Crippen molar-refractivity contribution in [2.45, 2.75) is 128 Å². The molecule has 0 bridgehead atoms. The third kappa shape index (κ3) is 16.6. The molecule has 0 saturated carbocycles. The third-order valence-electron chi connectivity index (χ3n) is 16.3. The maximum atomic E-state index is 14.3.